The SMILES string of the molecule is Cc1nnsc1C(=O)NCC#CCOc1ccccc1F. The van der Waals surface area contributed by atoms with E-state index in [1.165, 1.54) is 12.1 Å². The highest BCUT2D eigenvalue weighted by atomic mass is 32.1. The lowest BCUT2D eigenvalue weighted by Gasteiger charge is -2.02. The topological polar surface area (TPSA) is 64.1 Å². The van der Waals surface area contributed by atoms with E-state index in [1.54, 1.807) is 19.1 Å². The highest BCUT2D eigenvalue weighted by Crippen LogP contribution is 2.14. The van der Waals surface area contributed by atoms with Gasteiger partial charge in [0.1, 0.15) is 11.5 Å². The number of ether oxygens (including phenoxy) is 1. The van der Waals surface area contributed by atoms with E-state index in [0.29, 0.717) is 10.6 Å². The van der Waals surface area contributed by atoms with Crippen LogP contribution in [0.3, 0.4) is 0 Å². The number of hydrogen-bond acceptors (Lipinski definition) is 5. The molecule has 0 aliphatic heterocycles. The van der Waals surface area contributed by atoms with Gasteiger partial charge in [-0.05, 0) is 30.6 Å². The van der Waals surface area contributed by atoms with Crippen LogP contribution in [0.5, 0.6) is 5.75 Å². The number of carbonyl (C=O) groups excluding carboxylic acids is 1. The van der Waals surface area contributed by atoms with Crippen LogP contribution in [0.25, 0.3) is 0 Å². The number of hydrogen-bond donors (Lipinski definition) is 1. The van der Waals surface area contributed by atoms with E-state index < -0.39 is 5.82 Å². The second-order valence-corrected chi connectivity index (χ2v) is 4.70. The van der Waals surface area contributed by atoms with Crippen molar-refractivity contribution in [1.82, 2.24) is 14.9 Å². The molecule has 7 heteroatoms. The number of halogens is 1. The molecular formula is C14H12FN3O2S. The number of benzene rings is 1. The van der Waals surface area contributed by atoms with Crippen LogP contribution in [-0.4, -0.2) is 28.6 Å². The summed E-state index contributed by atoms with van der Waals surface area (Å²) in [7, 11) is 0. The molecule has 1 aromatic carbocycles. The molecule has 1 amide bonds. The molecule has 0 aliphatic rings. The van der Waals surface area contributed by atoms with E-state index in [1.807, 2.05) is 0 Å². The van der Waals surface area contributed by atoms with Gasteiger partial charge < -0.3 is 10.1 Å². The largest absolute Gasteiger partial charge is 0.478 e. The Bertz CT molecular complexity index is 691. The third-order valence-corrected chi connectivity index (χ3v) is 3.28. The minimum absolute atomic E-state index is 0.0535. The van der Waals surface area contributed by atoms with Gasteiger partial charge in [-0.3, -0.25) is 4.79 Å². The van der Waals surface area contributed by atoms with Gasteiger partial charge in [0, 0.05) is 0 Å². The lowest BCUT2D eigenvalue weighted by atomic mass is 10.3. The molecule has 2 rings (SSSR count). The Morgan fingerprint density at radius 1 is 1.43 bits per heavy atom. The first-order valence-corrected chi connectivity index (χ1v) is 6.86. The number of rotatable bonds is 4. The molecule has 1 aromatic heterocycles. The van der Waals surface area contributed by atoms with E-state index in [0.717, 1.165) is 11.5 Å². The van der Waals surface area contributed by atoms with Gasteiger partial charge in [-0.2, -0.15) is 0 Å². The van der Waals surface area contributed by atoms with E-state index in [2.05, 4.69) is 26.7 Å². The zero-order valence-electron chi connectivity index (χ0n) is 11.2. The fourth-order valence-corrected chi connectivity index (χ4v) is 2.01. The van der Waals surface area contributed by atoms with E-state index in [-0.39, 0.29) is 24.8 Å². The van der Waals surface area contributed by atoms with E-state index in [4.69, 9.17) is 4.74 Å². The molecule has 0 spiro atoms. The first kappa shape index (κ1) is 14.9. The van der Waals surface area contributed by atoms with Gasteiger partial charge in [-0.25, -0.2) is 4.39 Å². The molecule has 0 aliphatic carbocycles. The van der Waals surface area contributed by atoms with Crippen LogP contribution < -0.4 is 10.1 Å². The summed E-state index contributed by atoms with van der Waals surface area (Å²) in [6, 6.07) is 6.10. The number of aromatic nitrogens is 2. The van der Waals surface area contributed by atoms with Crippen molar-refractivity contribution >= 4 is 17.4 Å². The van der Waals surface area contributed by atoms with Gasteiger partial charge in [0.05, 0.1) is 12.2 Å². The number of amides is 1. The third-order valence-electron chi connectivity index (χ3n) is 2.46. The Labute approximate surface area is 125 Å². The monoisotopic (exact) mass is 305 g/mol. The number of nitrogens with zero attached hydrogens (tertiary/aromatic N) is 2. The number of nitrogens with one attached hydrogen (secondary N) is 1. The average Bonchev–Trinajstić information content (AvgIpc) is 2.90. The van der Waals surface area contributed by atoms with Crippen LogP contribution >= 0.6 is 11.5 Å². The second-order valence-electron chi connectivity index (χ2n) is 3.94. The number of para-hydroxylation sites is 1. The normalized spacial score (nSPS) is 9.62. The van der Waals surface area contributed by atoms with Gasteiger partial charge >= 0.3 is 0 Å². The average molecular weight is 305 g/mol. The van der Waals surface area contributed by atoms with Crippen molar-refractivity contribution in [3.8, 4) is 17.6 Å². The smallest absolute Gasteiger partial charge is 0.265 e. The quantitative estimate of drug-likeness (QED) is 0.875. The molecule has 1 N–H and O–H groups in total. The van der Waals surface area contributed by atoms with Crippen molar-refractivity contribution in [3.63, 3.8) is 0 Å². The summed E-state index contributed by atoms with van der Waals surface area (Å²) in [6.07, 6.45) is 0. The molecule has 0 unspecified atom stereocenters. The van der Waals surface area contributed by atoms with Crippen molar-refractivity contribution in [2.75, 3.05) is 13.2 Å². The third kappa shape index (κ3) is 4.26. The maximum absolute atomic E-state index is 13.2. The molecule has 1 heterocycles. The van der Waals surface area contributed by atoms with Crippen LogP contribution in [0.1, 0.15) is 15.4 Å². The lowest BCUT2D eigenvalue weighted by molar-refractivity contribution is 0.0962. The highest BCUT2D eigenvalue weighted by molar-refractivity contribution is 7.07. The lowest BCUT2D eigenvalue weighted by Crippen LogP contribution is -2.23. The molecule has 0 saturated heterocycles. The summed E-state index contributed by atoms with van der Waals surface area (Å²) in [5.74, 6) is 4.88. The van der Waals surface area contributed by atoms with Crippen LogP contribution in [0.4, 0.5) is 4.39 Å². The molecule has 21 heavy (non-hydrogen) atoms. The Hall–Kier alpha value is -2.46. The van der Waals surface area contributed by atoms with Crippen molar-refractivity contribution in [2.45, 2.75) is 6.92 Å². The van der Waals surface area contributed by atoms with Crippen molar-refractivity contribution in [3.05, 3.63) is 40.7 Å². The summed E-state index contributed by atoms with van der Waals surface area (Å²) in [6.45, 7) is 1.95. The van der Waals surface area contributed by atoms with Crippen LogP contribution in [-0.2, 0) is 0 Å². The number of aryl methyl sites for hydroxylation is 1. The van der Waals surface area contributed by atoms with E-state index >= 15 is 0 Å². The van der Waals surface area contributed by atoms with Crippen LogP contribution in [0.2, 0.25) is 0 Å². The molecule has 0 radical (unpaired) electrons. The summed E-state index contributed by atoms with van der Waals surface area (Å²) < 4.78 is 22.1. The predicted molar refractivity (Wildman–Crippen MR) is 76.7 cm³/mol. The van der Waals surface area contributed by atoms with Gasteiger partial charge in [0.25, 0.3) is 5.91 Å². The molecule has 0 fully saturated rings. The van der Waals surface area contributed by atoms with Gasteiger partial charge in [0.2, 0.25) is 0 Å². The minimum Gasteiger partial charge on any atom is -0.478 e. The Morgan fingerprint density at radius 3 is 2.95 bits per heavy atom. The van der Waals surface area contributed by atoms with E-state index in [9.17, 15) is 9.18 Å². The molecule has 2 aromatic rings. The zero-order chi connectivity index (χ0) is 15.1. The Balaban J connectivity index is 1.74. The molecule has 0 bridgehead atoms. The molecule has 0 atom stereocenters. The molecular weight excluding hydrogens is 293 g/mol. The summed E-state index contributed by atoms with van der Waals surface area (Å²) in [5.41, 5.74) is 0.591. The maximum atomic E-state index is 13.2. The first-order chi connectivity index (χ1) is 10.2. The summed E-state index contributed by atoms with van der Waals surface area (Å²) in [5, 5.41) is 6.38. The second kappa shape index (κ2) is 7.36. The Kier molecular flexibility index (Phi) is 5.23. The highest BCUT2D eigenvalue weighted by Gasteiger charge is 2.11. The first-order valence-electron chi connectivity index (χ1n) is 6.08. The molecule has 5 nitrogen and oxygen atoms in total. The van der Waals surface area contributed by atoms with Gasteiger partial charge in [-0.1, -0.05) is 28.5 Å². The minimum atomic E-state index is -0.430. The summed E-state index contributed by atoms with van der Waals surface area (Å²) in [4.78, 5) is 12.2. The van der Waals surface area contributed by atoms with Crippen LogP contribution in [0, 0.1) is 24.6 Å². The Morgan fingerprint density at radius 2 is 2.24 bits per heavy atom. The van der Waals surface area contributed by atoms with Gasteiger partial charge in [0.15, 0.2) is 11.6 Å². The van der Waals surface area contributed by atoms with Crippen molar-refractivity contribution in [2.24, 2.45) is 0 Å². The standard InChI is InChI=1S/C14H12FN3O2S/c1-10-13(21-18-17-10)14(19)16-8-4-5-9-20-12-7-3-2-6-11(12)15/h2-3,6-7H,8-9H2,1H3,(H,16,19). The molecule has 108 valence electrons. The van der Waals surface area contributed by atoms with Gasteiger partial charge in [-0.15, -0.1) is 5.10 Å². The summed E-state index contributed by atoms with van der Waals surface area (Å²) >= 11 is 1.04. The number of carbonyl (C=O) groups is 1. The fourth-order valence-electron chi connectivity index (χ4n) is 1.43. The van der Waals surface area contributed by atoms with Crippen LogP contribution in [0.15, 0.2) is 24.3 Å². The van der Waals surface area contributed by atoms with Crippen molar-refractivity contribution in [1.29, 1.82) is 0 Å². The predicted octanol–water partition coefficient (Wildman–Crippen LogP) is 1.80. The molecule has 0 saturated carbocycles. The maximum Gasteiger partial charge on any atom is 0.265 e. The van der Waals surface area contributed by atoms with Crippen molar-refractivity contribution < 1.29 is 13.9 Å². The zero-order valence-corrected chi connectivity index (χ0v) is 12.0. The fraction of sp³-hybridized carbons (Fsp3) is 0.214.